The quantitative estimate of drug-likeness (QED) is 0.916. The molecule has 0 aliphatic carbocycles. The molecule has 1 heterocycles. The Hall–Kier alpha value is -2.04. The summed E-state index contributed by atoms with van der Waals surface area (Å²) in [5.41, 5.74) is 4.98. The molecular weight excluding hydrogens is 323 g/mol. The van der Waals surface area contributed by atoms with Crippen LogP contribution < -0.4 is 5.43 Å². The van der Waals surface area contributed by atoms with Crippen molar-refractivity contribution >= 4 is 35.0 Å². The van der Waals surface area contributed by atoms with Gasteiger partial charge in [0.1, 0.15) is 0 Å². The number of hydrogen-bond donors (Lipinski definition) is 1. The summed E-state index contributed by atoms with van der Waals surface area (Å²) in [6.45, 7) is 0.349. The van der Waals surface area contributed by atoms with Gasteiger partial charge in [0.05, 0.1) is 23.0 Å². The molecule has 0 saturated heterocycles. The van der Waals surface area contributed by atoms with Crippen molar-refractivity contribution in [1.29, 1.82) is 0 Å². The minimum atomic E-state index is -0.397. The maximum Gasteiger partial charge on any atom is 0.269 e. The Morgan fingerprint density at radius 1 is 1.05 bits per heavy atom. The maximum absolute atomic E-state index is 12.2. The summed E-state index contributed by atoms with van der Waals surface area (Å²) in [6, 6.07) is 12.3. The lowest BCUT2D eigenvalue weighted by Gasteiger charge is -2.28. The van der Waals surface area contributed by atoms with Gasteiger partial charge in [0, 0.05) is 5.56 Å². The Balaban J connectivity index is 1.77. The number of fused-ring (bicyclic) bond motifs is 1. The summed E-state index contributed by atoms with van der Waals surface area (Å²) < 4.78 is 0. The molecule has 3 rings (SSSR count). The summed E-state index contributed by atoms with van der Waals surface area (Å²) in [5, 5.41) is 2.00. The first-order valence-corrected chi connectivity index (χ1v) is 7.43. The lowest BCUT2D eigenvalue weighted by Crippen LogP contribution is -2.48. The standard InChI is InChI=1S/C16H12Cl2N2O2/c17-13-6-5-11(7-14(13)18)16(22)19-20-9-12-4-2-1-3-10(12)8-15(20)21/h1-7H,8-9H2,(H,19,22). The highest BCUT2D eigenvalue weighted by molar-refractivity contribution is 6.42. The second-order valence-electron chi connectivity index (χ2n) is 5.00. The van der Waals surface area contributed by atoms with Gasteiger partial charge < -0.3 is 0 Å². The Morgan fingerprint density at radius 2 is 1.77 bits per heavy atom. The number of amides is 2. The average molecular weight is 335 g/mol. The van der Waals surface area contributed by atoms with Crippen LogP contribution in [0.4, 0.5) is 0 Å². The molecule has 1 aliphatic rings. The summed E-state index contributed by atoms with van der Waals surface area (Å²) in [6.07, 6.45) is 0.276. The van der Waals surface area contributed by atoms with E-state index < -0.39 is 5.91 Å². The predicted octanol–water partition coefficient (Wildman–Crippen LogP) is 3.22. The fourth-order valence-corrected chi connectivity index (χ4v) is 2.63. The van der Waals surface area contributed by atoms with E-state index in [2.05, 4.69) is 5.43 Å². The van der Waals surface area contributed by atoms with Crippen LogP contribution in [0.15, 0.2) is 42.5 Å². The van der Waals surface area contributed by atoms with E-state index in [9.17, 15) is 9.59 Å². The molecule has 0 radical (unpaired) electrons. The van der Waals surface area contributed by atoms with Crippen molar-refractivity contribution in [1.82, 2.24) is 10.4 Å². The van der Waals surface area contributed by atoms with Crippen molar-refractivity contribution in [3.63, 3.8) is 0 Å². The van der Waals surface area contributed by atoms with E-state index in [4.69, 9.17) is 23.2 Å². The summed E-state index contributed by atoms with van der Waals surface area (Å²) in [5.74, 6) is -0.543. The zero-order valence-electron chi connectivity index (χ0n) is 11.5. The third-order valence-corrected chi connectivity index (χ3v) is 4.25. The molecule has 2 amide bonds. The van der Waals surface area contributed by atoms with Crippen LogP contribution in [0.1, 0.15) is 21.5 Å². The predicted molar refractivity (Wildman–Crippen MR) is 84.6 cm³/mol. The lowest BCUT2D eigenvalue weighted by molar-refractivity contribution is -0.134. The van der Waals surface area contributed by atoms with Crippen molar-refractivity contribution in [2.45, 2.75) is 13.0 Å². The largest absolute Gasteiger partial charge is 0.273 e. The molecule has 1 aliphatic heterocycles. The highest BCUT2D eigenvalue weighted by Gasteiger charge is 2.24. The van der Waals surface area contributed by atoms with E-state index in [0.717, 1.165) is 11.1 Å². The second-order valence-corrected chi connectivity index (χ2v) is 5.81. The molecular formula is C16H12Cl2N2O2. The first-order valence-electron chi connectivity index (χ1n) is 6.68. The molecule has 0 spiro atoms. The van der Waals surface area contributed by atoms with Crippen LogP contribution in [0, 0.1) is 0 Å². The lowest BCUT2D eigenvalue weighted by atomic mass is 10.0. The van der Waals surface area contributed by atoms with Crippen LogP contribution in [0.25, 0.3) is 0 Å². The number of nitrogens with zero attached hydrogens (tertiary/aromatic N) is 1. The van der Waals surface area contributed by atoms with Crippen LogP contribution in [-0.4, -0.2) is 16.8 Å². The summed E-state index contributed by atoms with van der Waals surface area (Å²) in [4.78, 5) is 24.3. The average Bonchev–Trinajstić information content (AvgIpc) is 2.50. The van der Waals surface area contributed by atoms with Crippen LogP contribution in [0.2, 0.25) is 10.0 Å². The third-order valence-electron chi connectivity index (χ3n) is 3.51. The Labute approximate surface area is 137 Å². The van der Waals surface area contributed by atoms with Gasteiger partial charge in [-0.3, -0.25) is 15.0 Å². The van der Waals surface area contributed by atoms with Crippen LogP contribution in [0.5, 0.6) is 0 Å². The number of carbonyl (C=O) groups is 2. The van der Waals surface area contributed by atoms with Crippen LogP contribution in [-0.2, 0) is 17.8 Å². The molecule has 4 nitrogen and oxygen atoms in total. The van der Waals surface area contributed by atoms with Gasteiger partial charge in [0.15, 0.2) is 0 Å². The molecule has 22 heavy (non-hydrogen) atoms. The van der Waals surface area contributed by atoms with E-state index in [1.165, 1.54) is 11.1 Å². The first kappa shape index (κ1) is 14.9. The number of benzene rings is 2. The molecule has 2 aromatic rings. The maximum atomic E-state index is 12.2. The number of halogens is 2. The SMILES string of the molecule is O=C(NN1Cc2ccccc2CC1=O)c1ccc(Cl)c(Cl)c1. The highest BCUT2D eigenvalue weighted by atomic mass is 35.5. The molecule has 0 fully saturated rings. The molecule has 0 unspecified atom stereocenters. The Morgan fingerprint density at radius 3 is 2.50 bits per heavy atom. The van der Waals surface area contributed by atoms with E-state index >= 15 is 0 Å². The number of carbonyl (C=O) groups excluding carboxylic acids is 2. The zero-order valence-corrected chi connectivity index (χ0v) is 13.0. The van der Waals surface area contributed by atoms with Crippen LogP contribution in [0.3, 0.4) is 0 Å². The highest BCUT2D eigenvalue weighted by Crippen LogP contribution is 2.23. The van der Waals surface area contributed by atoms with E-state index in [1.807, 2.05) is 24.3 Å². The molecule has 0 atom stereocenters. The van der Waals surface area contributed by atoms with Gasteiger partial charge in [0.25, 0.3) is 5.91 Å². The van der Waals surface area contributed by atoms with Crippen molar-refractivity contribution in [3.05, 3.63) is 69.2 Å². The van der Waals surface area contributed by atoms with Gasteiger partial charge >= 0.3 is 0 Å². The summed E-state index contributed by atoms with van der Waals surface area (Å²) in [7, 11) is 0. The van der Waals surface area contributed by atoms with Crippen molar-refractivity contribution < 1.29 is 9.59 Å². The Kier molecular flexibility index (Phi) is 4.05. The number of nitrogens with one attached hydrogen (secondary N) is 1. The topological polar surface area (TPSA) is 49.4 Å². The molecule has 2 aromatic carbocycles. The van der Waals surface area contributed by atoms with Gasteiger partial charge in [-0.15, -0.1) is 0 Å². The number of rotatable bonds is 2. The fraction of sp³-hybridized carbons (Fsp3) is 0.125. The van der Waals surface area contributed by atoms with Crippen molar-refractivity contribution in [2.24, 2.45) is 0 Å². The van der Waals surface area contributed by atoms with Crippen molar-refractivity contribution in [2.75, 3.05) is 0 Å². The van der Waals surface area contributed by atoms with Gasteiger partial charge in [-0.05, 0) is 29.3 Å². The minimum Gasteiger partial charge on any atom is -0.273 e. The molecule has 0 bridgehead atoms. The van der Waals surface area contributed by atoms with E-state index in [-0.39, 0.29) is 12.3 Å². The van der Waals surface area contributed by atoms with E-state index in [0.29, 0.717) is 22.2 Å². The van der Waals surface area contributed by atoms with Crippen LogP contribution >= 0.6 is 23.2 Å². The van der Waals surface area contributed by atoms with Gasteiger partial charge in [0.2, 0.25) is 5.91 Å². The Bertz CT molecular complexity index is 762. The van der Waals surface area contributed by atoms with Gasteiger partial charge in [-0.2, -0.15) is 0 Å². The smallest absolute Gasteiger partial charge is 0.269 e. The molecule has 1 N–H and O–H groups in total. The molecule has 0 saturated carbocycles. The summed E-state index contributed by atoms with van der Waals surface area (Å²) >= 11 is 11.7. The zero-order chi connectivity index (χ0) is 15.7. The monoisotopic (exact) mass is 334 g/mol. The number of hydrazine groups is 1. The molecule has 0 aromatic heterocycles. The fourth-order valence-electron chi connectivity index (χ4n) is 2.33. The molecule has 112 valence electrons. The van der Waals surface area contributed by atoms with Crippen molar-refractivity contribution in [3.8, 4) is 0 Å². The second kappa shape index (κ2) is 5.99. The van der Waals surface area contributed by atoms with Gasteiger partial charge in [-0.25, -0.2) is 5.01 Å². The minimum absolute atomic E-state index is 0.146. The normalized spacial score (nSPS) is 13.7. The molecule has 6 heteroatoms. The third kappa shape index (κ3) is 2.93. The van der Waals surface area contributed by atoms with Gasteiger partial charge in [-0.1, -0.05) is 47.5 Å². The van der Waals surface area contributed by atoms with E-state index in [1.54, 1.807) is 12.1 Å². The number of hydrogen-bond acceptors (Lipinski definition) is 2. The first-order chi connectivity index (χ1) is 10.5.